The van der Waals surface area contributed by atoms with Crippen LogP contribution in [0, 0.1) is 0 Å². The molecule has 0 aliphatic carbocycles. The Hall–Kier alpha value is -0.880. The second-order valence-corrected chi connectivity index (χ2v) is 4.61. The molecule has 0 amide bonds. The van der Waals surface area contributed by atoms with E-state index in [0.717, 1.165) is 28.8 Å². The Morgan fingerprint density at radius 2 is 2.24 bits per heavy atom. The molecule has 0 saturated carbocycles. The number of aromatic nitrogens is 2. The van der Waals surface area contributed by atoms with E-state index in [1.165, 1.54) is 0 Å². The first kappa shape index (κ1) is 14.2. The van der Waals surface area contributed by atoms with Gasteiger partial charge in [0.1, 0.15) is 6.04 Å². The minimum Gasteiger partial charge on any atom is -0.480 e. The summed E-state index contributed by atoms with van der Waals surface area (Å²) in [6, 6.07) is -0.563. The van der Waals surface area contributed by atoms with Crippen molar-refractivity contribution in [3.05, 3.63) is 15.9 Å². The Labute approximate surface area is 109 Å². The average Bonchev–Trinajstić information content (AvgIpc) is 2.62. The summed E-state index contributed by atoms with van der Waals surface area (Å²) in [4.78, 5) is 10.7. The number of rotatable bonds is 6. The third kappa shape index (κ3) is 3.29. The summed E-state index contributed by atoms with van der Waals surface area (Å²) in [6.45, 7) is 6.96. The number of aryl methyl sites for hydroxylation is 2. The summed E-state index contributed by atoms with van der Waals surface area (Å²) >= 11 is 3.52. The van der Waals surface area contributed by atoms with Gasteiger partial charge < -0.3 is 5.11 Å². The number of nitrogens with zero attached hydrogens (tertiary/aromatic N) is 2. The second kappa shape index (κ2) is 6.16. The standard InChI is InChI=1S/C11H18BrN3O2/c1-4-8-10(12)9(15(5-2)14-8)6-13-7(3)11(16)17/h7,13H,4-6H2,1-3H3,(H,16,17)/t7-/m1/s1. The Balaban J connectivity index is 2.82. The van der Waals surface area contributed by atoms with Gasteiger partial charge in [0.2, 0.25) is 0 Å². The Bertz CT molecular complexity index is 404. The molecule has 1 aromatic heterocycles. The average molecular weight is 304 g/mol. The van der Waals surface area contributed by atoms with E-state index in [1.54, 1.807) is 6.92 Å². The molecule has 0 unspecified atom stereocenters. The smallest absolute Gasteiger partial charge is 0.320 e. The highest BCUT2D eigenvalue weighted by atomic mass is 79.9. The zero-order valence-corrected chi connectivity index (χ0v) is 11.9. The molecule has 0 aliphatic heterocycles. The number of carboxylic acid groups (broad SMARTS) is 1. The quantitative estimate of drug-likeness (QED) is 0.841. The lowest BCUT2D eigenvalue weighted by molar-refractivity contribution is -0.139. The molecule has 1 heterocycles. The zero-order chi connectivity index (χ0) is 13.0. The molecule has 1 rings (SSSR count). The van der Waals surface area contributed by atoms with E-state index in [9.17, 15) is 4.79 Å². The molecule has 0 radical (unpaired) electrons. The molecule has 5 nitrogen and oxygen atoms in total. The minimum absolute atomic E-state index is 0.495. The number of aliphatic carboxylic acids is 1. The summed E-state index contributed by atoms with van der Waals surface area (Å²) < 4.78 is 2.87. The van der Waals surface area contributed by atoms with Gasteiger partial charge in [0.05, 0.1) is 15.9 Å². The van der Waals surface area contributed by atoms with Gasteiger partial charge in [0.25, 0.3) is 0 Å². The van der Waals surface area contributed by atoms with Crippen LogP contribution in [0.5, 0.6) is 0 Å². The lowest BCUT2D eigenvalue weighted by atomic mass is 10.3. The van der Waals surface area contributed by atoms with Crippen molar-refractivity contribution in [3.63, 3.8) is 0 Å². The van der Waals surface area contributed by atoms with Crippen molar-refractivity contribution < 1.29 is 9.90 Å². The van der Waals surface area contributed by atoms with Crippen molar-refractivity contribution >= 4 is 21.9 Å². The molecule has 6 heteroatoms. The molecule has 0 aromatic carbocycles. The molecule has 2 N–H and O–H groups in total. The minimum atomic E-state index is -0.848. The summed E-state index contributed by atoms with van der Waals surface area (Å²) in [5, 5.41) is 16.2. The number of carbonyl (C=O) groups is 1. The molecule has 0 spiro atoms. The summed E-state index contributed by atoms with van der Waals surface area (Å²) in [5.41, 5.74) is 2.00. The Morgan fingerprint density at radius 3 is 2.71 bits per heavy atom. The number of carboxylic acids is 1. The molecule has 0 saturated heterocycles. The monoisotopic (exact) mass is 303 g/mol. The van der Waals surface area contributed by atoms with E-state index in [0.29, 0.717) is 6.54 Å². The fourth-order valence-electron chi connectivity index (χ4n) is 1.52. The van der Waals surface area contributed by atoms with E-state index < -0.39 is 12.0 Å². The maximum absolute atomic E-state index is 10.7. The van der Waals surface area contributed by atoms with Crippen LogP contribution in [0.1, 0.15) is 32.2 Å². The van der Waals surface area contributed by atoms with Gasteiger partial charge in [-0.15, -0.1) is 0 Å². The van der Waals surface area contributed by atoms with E-state index >= 15 is 0 Å². The fraction of sp³-hybridized carbons (Fsp3) is 0.636. The van der Waals surface area contributed by atoms with Crippen LogP contribution in [0.25, 0.3) is 0 Å². The van der Waals surface area contributed by atoms with Crippen molar-refractivity contribution in [2.75, 3.05) is 0 Å². The van der Waals surface area contributed by atoms with Gasteiger partial charge >= 0.3 is 5.97 Å². The zero-order valence-electron chi connectivity index (χ0n) is 10.3. The lowest BCUT2D eigenvalue weighted by Gasteiger charge is -2.10. The summed E-state index contributed by atoms with van der Waals surface area (Å²) in [6.07, 6.45) is 0.856. The molecule has 0 bridgehead atoms. The Kier molecular flexibility index (Phi) is 5.14. The van der Waals surface area contributed by atoms with Crippen LogP contribution < -0.4 is 5.32 Å². The predicted octanol–water partition coefficient (Wildman–Crippen LogP) is 1.79. The van der Waals surface area contributed by atoms with Gasteiger partial charge in [-0.05, 0) is 36.2 Å². The number of hydrogen-bond donors (Lipinski definition) is 2. The largest absolute Gasteiger partial charge is 0.480 e. The highest BCUT2D eigenvalue weighted by Crippen LogP contribution is 2.22. The van der Waals surface area contributed by atoms with Gasteiger partial charge in [-0.1, -0.05) is 6.92 Å². The highest BCUT2D eigenvalue weighted by Gasteiger charge is 2.16. The molecular weight excluding hydrogens is 286 g/mol. The van der Waals surface area contributed by atoms with Crippen LogP contribution in [0.2, 0.25) is 0 Å². The third-order valence-corrected chi connectivity index (χ3v) is 3.56. The van der Waals surface area contributed by atoms with Gasteiger partial charge in [0, 0.05) is 13.1 Å². The second-order valence-electron chi connectivity index (χ2n) is 3.82. The van der Waals surface area contributed by atoms with Crippen molar-refractivity contribution in [2.24, 2.45) is 0 Å². The molecule has 1 atom stereocenters. The van der Waals surface area contributed by atoms with E-state index in [1.807, 2.05) is 18.5 Å². The summed E-state index contributed by atoms with van der Waals surface area (Å²) in [7, 11) is 0. The number of hydrogen-bond acceptors (Lipinski definition) is 3. The van der Waals surface area contributed by atoms with Crippen molar-refractivity contribution in [3.8, 4) is 0 Å². The van der Waals surface area contributed by atoms with Crippen molar-refractivity contribution in [2.45, 2.75) is 46.3 Å². The fourth-order valence-corrected chi connectivity index (χ4v) is 2.23. The topological polar surface area (TPSA) is 67.2 Å². The first-order valence-corrected chi connectivity index (χ1v) is 6.50. The molecule has 0 fully saturated rings. The van der Waals surface area contributed by atoms with Crippen LogP contribution >= 0.6 is 15.9 Å². The van der Waals surface area contributed by atoms with Gasteiger partial charge in [0.15, 0.2) is 0 Å². The lowest BCUT2D eigenvalue weighted by Crippen LogP contribution is -2.33. The third-order valence-electron chi connectivity index (χ3n) is 2.64. The predicted molar refractivity (Wildman–Crippen MR) is 68.9 cm³/mol. The molecule has 96 valence electrons. The molecular formula is C11H18BrN3O2. The van der Waals surface area contributed by atoms with Gasteiger partial charge in [-0.2, -0.15) is 5.10 Å². The first-order valence-electron chi connectivity index (χ1n) is 5.71. The summed E-state index contributed by atoms with van der Waals surface area (Å²) in [5.74, 6) is -0.848. The SMILES string of the molecule is CCc1nn(CC)c(CN[C@H](C)C(=O)O)c1Br. The number of halogens is 1. The van der Waals surface area contributed by atoms with E-state index in [4.69, 9.17) is 5.11 Å². The van der Waals surface area contributed by atoms with E-state index in [2.05, 4.69) is 26.3 Å². The van der Waals surface area contributed by atoms with Crippen LogP contribution in [0.3, 0.4) is 0 Å². The molecule has 17 heavy (non-hydrogen) atoms. The van der Waals surface area contributed by atoms with Crippen LogP contribution in [-0.4, -0.2) is 26.9 Å². The first-order chi connectivity index (χ1) is 8.01. The van der Waals surface area contributed by atoms with Crippen LogP contribution in [-0.2, 0) is 24.3 Å². The van der Waals surface area contributed by atoms with Gasteiger partial charge in [-0.3, -0.25) is 14.8 Å². The van der Waals surface area contributed by atoms with E-state index in [-0.39, 0.29) is 0 Å². The molecule has 0 aliphatic rings. The highest BCUT2D eigenvalue weighted by molar-refractivity contribution is 9.10. The van der Waals surface area contributed by atoms with Crippen LogP contribution in [0.4, 0.5) is 0 Å². The normalized spacial score (nSPS) is 12.7. The maximum Gasteiger partial charge on any atom is 0.320 e. The van der Waals surface area contributed by atoms with Crippen molar-refractivity contribution in [1.82, 2.24) is 15.1 Å². The van der Waals surface area contributed by atoms with Crippen molar-refractivity contribution in [1.29, 1.82) is 0 Å². The van der Waals surface area contributed by atoms with Crippen LogP contribution in [0.15, 0.2) is 4.47 Å². The number of nitrogens with one attached hydrogen (secondary N) is 1. The maximum atomic E-state index is 10.7. The Morgan fingerprint density at radius 1 is 1.59 bits per heavy atom. The molecule has 1 aromatic rings. The van der Waals surface area contributed by atoms with Gasteiger partial charge in [-0.25, -0.2) is 0 Å².